The van der Waals surface area contributed by atoms with Gasteiger partial charge in [0, 0.05) is 37.2 Å². The zero-order chi connectivity index (χ0) is 25.7. The number of aliphatic hydroxyl groups excluding tert-OH is 1. The lowest BCUT2D eigenvalue weighted by Crippen LogP contribution is -2.47. The molecule has 0 bridgehead atoms. The number of hydrogen-bond acceptors (Lipinski definition) is 4. The molecule has 6 heteroatoms. The van der Waals surface area contributed by atoms with Crippen molar-refractivity contribution in [2.24, 2.45) is 5.92 Å². The summed E-state index contributed by atoms with van der Waals surface area (Å²) in [4.78, 5) is 30.3. The second-order valence-electron chi connectivity index (χ2n) is 9.57. The predicted molar refractivity (Wildman–Crippen MR) is 141 cm³/mol. The fourth-order valence-electron chi connectivity index (χ4n) is 4.71. The Morgan fingerprint density at radius 1 is 1.00 bits per heavy atom. The molecule has 0 radical (unpaired) electrons. The molecule has 0 aliphatic carbocycles. The fraction of sp³-hybridized carbons (Fsp3) is 0.333. The van der Waals surface area contributed by atoms with Crippen LogP contribution in [0.25, 0.3) is 11.1 Å². The van der Waals surface area contributed by atoms with Gasteiger partial charge in [0.15, 0.2) is 0 Å². The van der Waals surface area contributed by atoms with Crippen LogP contribution in [0.1, 0.15) is 40.1 Å². The maximum atomic E-state index is 13.9. The van der Waals surface area contributed by atoms with E-state index in [4.69, 9.17) is 4.74 Å². The summed E-state index contributed by atoms with van der Waals surface area (Å²) in [5.41, 5.74) is 4.00. The summed E-state index contributed by atoms with van der Waals surface area (Å²) >= 11 is 0. The van der Waals surface area contributed by atoms with Crippen LogP contribution in [-0.2, 0) is 11.3 Å². The van der Waals surface area contributed by atoms with E-state index in [2.05, 4.69) is 0 Å². The van der Waals surface area contributed by atoms with Crippen LogP contribution in [0.4, 0.5) is 0 Å². The van der Waals surface area contributed by atoms with Crippen molar-refractivity contribution in [3.8, 4) is 11.1 Å². The highest BCUT2D eigenvalue weighted by Gasteiger charge is 2.31. The first-order chi connectivity index (χ1) is 17.4. The van der Waals surface area contributed by atoms with Crippen LogP contribution >= 0.6 is 0 Å². The van der Waals surface area contributed by atoms with Crippen LogP contribution in [0.5, 0.6) is 0 Å². The Balaban J connectivity index is 1.71. The van der Waals surface area contributed by atoms with Crippen LogP contribution < -0.4 is 0 Å². The Kier molecular flexibility index (Phi) is 8.18. The summed E-state index contributed by atoms with van der Waals surface area (Å²) in [6, 6.07) is 24.4. The minimum absolute atomic E-state index is 0.0785. The summed E-state index contributed by atoms with van der Waals surface area (Å²) in [7, 11) is 1.78. The molecule has 0 saturated carbocycles. The number of nitrogens with zero attached hydrogens (tertiary/aromatic N) is 2. The second kappa shape index (κ2) is 11.5. The highest BCUT2D eigenvalue weighted by atomic mass is 16.5. The molecule has 3 aromatic rings. The first-order valence-electron chi connectivity index (χ1n) is 12.4. The van der Waals surface area contributed by atoms with Gasteiger partial charge in [0.25, 0.3) is 11.8 Å². The van der Waals surface area contributed by atoms with E-state index in [1.54, 1.807) is 29.0 Å². The zero-order valence-corrected chi connectivity index (χ0v) is 21.1. The van der Waals surface area contributed by atoms with E-state index >= 15 is 0 Å². The Labute approximate surface area is 213 Å². The minimum atomic E-state index is -0.367. The van der Waals surface area contributed by atoms with Crippen molar-refractivity contribution in [3.05, 3.63) is 95.6 Å². The van der Waals surface area contributed by atoms with Crippen LogP contribution in [-0.4, -0.2) is 65.6 Å². The highest BCUT2D eigenvalue weighted by Crippen LogP contribution is 2.31. The second-order valence-corrected chi connectivity index (χ2v) is 9.57. The molecule has 6 nitrogen and oxygen atoms in total. The lowest BCUT2D eigenvalue weighted by molar-refractivity contribution is -0.0209. The first kappa shape index (κ1) is 25.6. The number of aliphatic hydroxyl groups is 1. The molecular formula is C30H34N2O4. The van der Waals surface area contributed by atoms with Gasteiger partial charge in [-0.1, -0.05) is 67.6 Å². The first-order valence-corrected chi connectivity index (χ1v) is 12.4. The summed E-state index contributed by atoms with van der Waals surface area (Å²) < 4.78 is 6.49. The summed E-state index contributed by atoms with van der Waals surface area (Å²) in [6.45, 7) is 4.86. The molecule has 2 amide bonds. The quantitative estimate of drug-likeness (QED) is 0.577. The van der Waals surface area contributed by atoms with Gasteiger partial charge in [-0.15, -0.1) is 0 Å². The number of benzene rings is 3. The average molecular weight is 487 g/mol. The van der Waals surface area contributed by atoms with Gasteiger partial charge in [-0.2, -0.15) is 0 Å². The van der Waals surface area contributed by atoms with Gasteiger partial charge in [0.2, 0.25) is 0 Å². The number of ether oxygens (including phenoxy) is 1. The van der Waals surface area contributed by atoms with Crippen molar-refractivity contribution in [1.82, 2.24) is 9.80 Å². The van der Waals surface area contributed by atoms with E-state index < -0.39 is 0 Å². The average Bonchev–Trinajstić information content (AvgIpc) is 2.94. The van der Waals surface area contributed by atoms with E-state index in [1.165, 1.54) is 0 Å². The van der Waals surface area contributed by atoms with Gasteiger partial charge in [0.1, 0.15) is 0 Å². The van der Waals surface area contributed by atoms with E-state index in [0.717, 1.165) is 16.7 Å². The lowest BCUT2D eigenvalue weighted by Gasteiger charge is -2.35. The molecule has 36 heavy (non-hydrogen) atoms. The molecule has 188 valence electrons. The summed E-state index contributed by atoms with van der Waals surface area (Å²) in [6.07, 6.45) is -0.321. The molecular weight excluding hydrogens is 452 g/mol. The number of likely N-dealkylation sites (N-methyl/N-ethyl adjacent to an activating group) is 1. The van der Waals surface area contributed by atoms with Crippen LogP contribution in [0.3, 0.4) is 0 Å². The molecule has 0 saturated heterocycles. The zero-order valence-electron chi connectivity index (χ0n) is 21.1. The maximum Gasteiger partial charge on any atom is 0.254 e. The van der Waals surface area contributed by atoms with Crippen molar-refractivity contribution in [3.63, 3.8) is 0 Å². The molecule has 3 atom stereocenters. The molecule has 0 fully saturated rings. The predicted octanol–water partition coefficient (Wildman–Crippen LogP) is 4.48. The van der Waals surface area contributed by atoms with Crippen LogP contribution in [0.2, 0.25) is 0 Å². The standard InChI is InChI=1S/C30H34N2O4/c1-21-17-32(22(2)19-33)30(35)27-16-10-9-15-26(27)25-14-8-7-13-24(25)20-36-28(21)18-31(3)29(34)23-11-5-4-6-12-23/h4-16,21-22,28,33H,17-20H2,1-3H3/t21-,22+,28+/m1/s1. The fourth-order valence-corrected chi connectivity index (χ4v) is 4.71. The normalized spacial score (nSPS) is 19.0. The smallest absolute Gasteiger partial charge is 0.254 e. The topological polar surface area (TPSA) is 70.1 Å². The Bertz CT molecular complexity index is 1200. The number of hydrogen-bond donors (Lipinski definition) is 1. The highest BCUT2D eigenvalue weighted by molar-refractivity contribution is 6.01. The van der Waals surface area contributed by atoms with Gasteiger partial charge in [0.05, 0.1) is 25.4 Å². The van der Waals surface area contributed by atoms with Crippen molar-refractivity contribution in [2.75, 3.05) is 26.7 Å². The molecule has 3 aromatic carbocycles. The van der Waals surface area contributed by atoms with E-state index in [-0.39, 0.29) is 36.5 Å². The summed E-state index contributed by atoms with van der Waals surface area (Å²) in [5.74, 6) is -0.292. The third kappa shape index (κ3) is 5.50. The van der Waals surface area contributed by atoms with E-state index in [9.17, 15) is 14.7 Å². The van der Waals surface area contributed by atoms with Gasteiger partial charge < -0.3 is 19.6 Å². The summed E-state index contributed by atoms with van der Waals surface area (Å²) in [5, 5.41) is 9.97. The molecule has 1 heterocycles. The third-order valence-electron chi connectivity index (χ3n) is 6.92. The molecule has 1 N–H and O–H groups in total. The van der Waals surface area contributed by atoms with Gasteiger partial charge in [-0.05, 0) is 41.8 Å². The van der Waals surface area contributed by atoms with Gasteiger partial charge in [-0.25, -0.2) is 0 Å². The largest absolute Gasteiger partial charge is 0.394 e. The molecule has 1 aliphatic rings. The van der Waals surface area contributed by atoms with Crippen molar-refractivity contribution >= 4 is 11.8 Å². The maximum absolute atomic E-state index is 13.9. The molecule has 0 aromatic heterocycles. The minimum Gasteiger partial charge on any atom is -0.394 e. The SMILES string of the molecule is C[C@@H]1CN([C@@H](C)CO)C(=O)c2ccccc2-c2ccccc2CO[C@H]1CN(C)C(=O)c1ccccc1. The number of amides is 2. The molecule has 4 rings (SSSR count). The Morgan fingerprint density at radius 3 is 2.31 bits per heavy atom. The van der Waals surface area contributed by atoms with Crippen LogP contribution in [0, 0.1) is 5.92 Å². The van der Waals surface area contributed by atoms with E-state index in [0.29, 0.717) is 30.8 Å². The number of carbonyl (C=O) groups excluding carboxylic acids is 2. The Morgan fingerprint density at radius 2 is 1.61 bits per heavy atom. The van der Waals surface area contributed by atoms with Crippen molar-refractivity contribution in [2.45, 2.75) is 32.6 Å². The Hall–Kier alpha value is -3.48. The molecule has 0 spiro atoms. The van der Waals surface area contributed by atoms with Gasteiger partial charge >= 0.3 is 0 Å². The molecule has 0 unspecified atom stereocenters. The number of rotatable bonds is 5. The van der Waals surface area contributed by atoms with Crippen molar-refractivity contribution < 1.29 is 19.4 Å². The van der Waals surface area contributed by atoms with Crippen molar-refractivity contribution in [1.29, 1.82) is 0 Å². The van der Waals surface area contributed by atoms with Crippen LogP contribution in [0.15, 0.2) is 78.9 Å². The number of carbonyl (C=O) groups is 2. The lowest BCUT2D eigenvalue weighted by atomic mass is 9.94. The monoisotopic (exact) mass is 486 g/mol. The number of fused-ring (bicyclic) bond motifs is 3. The van der Waals surface area contributed by atoms with E-state index in [1.807, 2.05) is 80.6 Å². The third-order valence-corrected chi connectivity index (χ3v) is 6.92. The molecule has 1 aliphatic heterocycles. The van der Waals surface area contributed by atoms with Gasteiger partial charge in [-0.3, -0.25) is 9.59 Å².